The number of amides is 2. The van der Waals surface area contributed by atoms with Crippen LogP contribution in [0.4, 0.5) is 18.9 Å². The summed E-state index contributed by atoms with van der Waals surface area (Å²) in [4.78, 5) is 27.4. The second kappa shape index (κ2) is 10.6. The SMILES string of the molecule is Cc1ccc(C(NC(=O)CN(C)CC(=O)Nc2ccccc2C(F)(F)F)c2cccs2)cc1. The van der Waals surface area contributed by atoms with Crippen LogP contribution in [0.15, 0.2) is 66.0 Å². The van der Waals surface area contributed by atoms with Crippen molar-refractivity contribution in [1.82, 2.24) is 10.2 Å². The van der Waals surface area contributed by atoms with Gasteiger partial charge in [0.2, 0.25) is 11.8 Å². The molecule has 0 saturated carbocycles. The van der Waals surface area contributed by atoms with Crippen LogP contribution in [-0.4, -0.2) is 36.9 Å². The molecule has 174 valence electrons. The molecule has 0 fully saturated rings. The summed E-state index contributed by atoms with van der Waals surface area (Å²) in [5, 5.41) is 7.20. The van der Waals surface area contributed by atoms with Crippen LogP contribution >= 0.6 is 11.3 Å². The Hall–Kier alpha value is -3.17. The second-order valence-electron chi connectivity index (χ2n) is 7.69. The van der Waals surface area contributed by atoms with E-state index in [0.717, 1.165) is 22.1 Å². The number of hydrogen-bond donors (Lipinski definition) is 2. The molecule has 5 nitrogen and oxygen atoms in total. The summed E-state index contributed by atoms with van der Waals surface area (Å²) >= 11 is 1.52. The van der Waals surface area contributed by atoms with Gasteiger partial charge in [0.25, 0.3) is 0 Å². The Bertz CT molecular complexity index is 1080. The van der Waals surface area contributed by atoms with Crippen LogP contribution in [0.3, 0.4) is 0 Å². The molecule has 1 unspecified atom stereocenters. The number of halogens is 3. The van der Waals surface area contributed by atoms with Gasteiger partial charge in [-0.25, -0.2) is 0 Å². The normalized spacial score (nSPS) is 12.4. The van der Waals surface area contributed by atoms with Crippen LogP contribution in [0.25, 0.3) is 0 Å². The van der Waals surface area contributed by atoms with Crippen molar-refractivity contribution < 1.29 is 22.8 Å². The summed E-state index contributed by atoms with van der Waals surface area (Å²) in [6.45, 7) is 1.64. The highest BCUT2D eigenvalue weighted by molar-refractivity contribution is 7.10. The largest absolute Gasteiger partial charge is 0.418 e. The predicted molar refractivity (Wildman–Crippen MR) is 123 cm³/mol. The Morgan fingerprint density at radius 2 is 1.64 bits per heavy atom. The highest BCUT2D eigenvalue weighted by Crippen LogP contribution is 2.34. The van der Waals surface area contributed by atoms with Crippen molar-refractivity contribution in [1.29, 1.82) is 0 Å². The van der Waals surface area contributed by atoms with Crippen LogP contribution in [0.2, 0.25) is 0 Å². The zero-order valence-electron chi connectivity index (χ0n) is 18.1. The van der Waals surface area contributed by atoms with Gasteiger partial charge in [0.15, 0.2) is 0 Å². The van der Waals surface area contributed by atoms with E-state index in [9.17, 15) is 22.8 Å². The van der Waals surface area contributed by atoms with E-state index >= 15 is 0 Å². The third-order valence-electron chi connectivity index (χ3n) is 4.88. The number of thiophene rings is 1. The van der Waals surface area contributed by atoms with Gasteiger partial charge in [0.1, 0.15) is 0 Å². The van der Waals surface area contributed by atoms with Crippen molar-refractivity contribution >= 4 is 28.8 Å². The van der Waals surface area contributed by atoms with E-state index in [1.54, 1.807) is 7.05 Å². The van der Waals surface area contributed by atoms with Crippen molar-refractivity contribution in [3.05, 3.63) is 87.6 Å². The first-order valence-corrected chi connectivity index (χ1v) is 11.1. The lowest BCUT2D eigenvalue weighted by molar-refractivity contribution is -0.137. The molecule has 1 aromatic heterocycles. The number of benzene rings is 2. The van der Waals surface area contributed by atoms with E-state index in [4.69, 9.17) is 0 Å². The van der Waals surface area contributed by atoms with Gasteiger partial charge < -0.3 is 10.6 Å². The lowest BCUT2D eigenvalue weighted by Crippen LogP contribution is -2.40. The third-order valence-corrected chi connectivity index (χ3v) is 5.81. The molecule has 1 atom stereocenters. The van der Waals surface area contributed by atoms with Crippen molar-refractivity contribution in [3.8, 4) is 0 Å². The molecule has 0 aliphatic rings. The van der Waals surface area contributed by atoms with Crippen LogP contribution in [-0.2, 0) is 15.8 Å². The summed E-state index contributed by atoms with van der Waals surface area (Å²) < 4.78 is 39.4. The molecule has 2 aromatic carbocycles. The molecule has 0 aliphatic heterocycles. The van der Waals surface area contributed by atoms with Gasteiger partial charge >= 0.3 is 6.18 Å². The zero-order chi connectivity index (χ0) is 24.0. The first kappa shape index (κ1) is 24.5. The van der Waals surface area contributed by atoms with Gasteiger partial charge in [-0.1, -0.05) is 48.0 Å². The summed E-state index contributed by atoms with van der Waals surface area (Å²) in [7, 11) is 1.56. The molecule has 0 aliphatic carbocycles. The van der Waals surface area contributed by atoms with Crippen molar-refractivity contribution in [2.75, 3.05) is 25.5 Å². The van der Waals surface area contributed by atoms with Gasteiger partial charge in [-0.15, -0.1) is 11.3 Å². The lowest BCUT2D eigenvalue weighted by atomic mass is 10.0. The predicted octanol–water partition coefficient (Wildman–Crippen LogP) is 4.85. The Morgan fingerprint density at radius 3 is 2.27 bits per heavy atom. The fourth-order valence-corrected chi connectivity index (χ4v) is 4.12. The monoisotopic (exact) mass is 475 g/mol. The standard InChI is InChI=1S/C24H24F3N3O2S/c1-16-9-11-17(12-10-16)23(20-8-5-13-33-20)29-22(32)15-30(2)14-21(31)28-19-7-4-3-6-18(19)24(25,26)27/h3-13,23H,14-15H2,1-2H3,(H,28,31)(H,29,32). The molecular formula is C24H24F3N3O2S. The van der Waals surface area contributed by atoms with Crippen molar-refractivity contribution in [2.24, 2.45) is 0 Å². The molecule has 9 heteroatoms. The maximum absolute atomic E-state index is 13.1. The van der Waals surface area contributed by atoms with E-state index in [-0.39, 0.29) is 30.7 Å². The topological polar surface area (TPSA) is 61.4 Å². The molecule has 0 radical (unpaired) electrons. The molecule has 3 rings (SSSR count). The number of anilines is 1. The number of nitrogens with zero attached hydrogens (tertiary/aromatic N) is 1. The van der Waals surface area contributed by atoms with E-state index in [2.05, 4.69) is 10.6 Å². The summed E-state index contributed by atoms with van der Waals surface area (Å²) in [6, 6.07) is 16.1. The first-order valence-electron chi connectivity index (χ1n) is 10.2. The van der Waals surface area contributed by atoms with Crippen LogP contribution in [0, 0.1) is 6.92 Å². The lowest BCUT2D eigenvalue weighted by Gasteiger charge is -2.21. The number of likely N-dealkylation sites (N-methyl/N-ethyl adjacent to an activating group) is 1. The molecule has 0 saturated heterocycles. The molecule has 1 heterocycles. The van der Waals surface area contributed by atoms with Gasteiger partial charge in [0.05, 0.1) is 30.4 Å². The number of rotatable bonds is 8. The fraction of sp³-hybridized carbons (Fsp3) is 0.250. The van der Waals surface area contributed by atoms with Gasteiger partial charge in [-0.2, -0.15) is 13.2 Å². The van der Waals surface area contributed by atoms with Gasteiger partial charge in [-0.3, -0.25) is 14.5 Å². The minimum Gasteiger partial charge on any atom is -0.343 e. The second-order valence-corrected chi connectivity index (χ2v) is 8.67. The van der Waals surface area contributed by atoms with Crippen molar-refractivity contribution in [2.45, 2.75) is 19.1 Å². The highest BCUT2D eigenvalue weighted by atomic mass is 32.1. The molecular weight excluding hydrogens is 451 g/mol. The van der Waals surface area contributed by atoms with Gasteiger partial charge in [-0.05, 0) is 43.1 Å². The Morgan fingerprint density at radius 1 is 0.970 bits per heavy atom. The number of hydrogen-bond acceptors (Lipinski definition) is 4. The molecule has 2 amide bonds. The average Bonchev–Trinajstić information content (AvgIpc) is 3.26. The highest BCUT2D eigenvalue weighted by Gasteiger charge is 2.33. The molecule has 0 bridgehead atoms. The molecule has 0 spiro atoms. The van der Waals surface area contributed by atoms with E-state index in [1.807, 2.05) is 48.7 Å². The number of para-hydroxylation sites is 1. The van der Waals surface area contributed by atoms with Crippen molar-refractivity contribution in [3.63, 3.8) is 0 Å². The maximum Gasteiger partial charge on any atom is 0.418 e. The Balaban J connectivity index is 1.61. The number of carbonyl (C=O) groups is 2. The Labute approximate surface area is 194 Å². The minimum atomic E-state index is -4.58. The number of alkyl halides is 3. The van der Waals surface area contributed by atoms with Gasteiger partial charge in [0, 0.05) is 4.88 Å². The average molecular weight is 476 g/mol. The van der Waals surface area contributed by atoms with Crippen LogP contribution in [0.1, 0.15) is 27.6 Å². The van der Waals surface area contributed by atoms with E-state index in [1.165, 1.54) is 34.4 Å². The number of aryl methyl sites for hydroxylation is 1. The fourth-order valence-electron chi connectivity index (χ4n) is 3.32. The summed E-state index contributed by atoms with van der Waals surface area (Å²) in [5.41, 5.74) is 0.800. The smallest absolute Gasteiger partial charge is 0.343 e. The van der Waals surface area contributed by atoms with E-state index in [0.29, 0.717) is 0 Å². The van der Waals surface area contributed by atoms with E-state index < -0.39 is 17.6 Å². The van der Waals surface area contributed by atoms with Crippen LogP contribution in [0.5, 0.6) is 0 Å². The zero-order valence-corrected chi connectivity index (χ0v) is 19.0. The molecule has 3 aromatic rings. The Kier molecular flexibility index (Phi) is 7.88. The molecule has 33 heavy (non-hydrogen) atoms. The summed E-state index contributed by atoms with van der Waals surface area (Å²) in [6.07, 6.45) is -4.58. The maximum atomic E-state index is 13.1. The summed E-state index contributed by atoms with van der Waals surface area (Å²) in [5.74, 6) is -0.949. The van der Waals surface area contributed by atoms with Crippen LogP contribution < -0.4 is 10.6 Å². The number of nitrogens with one attached hydrogen (secondary N) is 2. The number of carbonyl (C=O) groups excluding carboxylic acids is 2. The quantitative estimate of drug-likeness (QED) is 0.490. The first-order chi connectivity index (χ1) is 15.6. The third kappa shape index (κ3) is 6.90. The minimum absolute atomic E-state index is 0.0952. The molecule has 2 N–H and O–H groups in total.